The first-order chi connectivity index (χ1) is 7.04. The van der Waals surface area contributed by atoms with E-state index < -0.39 is 12.1 Å². The monoisotopic (exact) mass is 217 g/mol. The summed E-state index contributed by atoms with van der Waals surface area (Å²) in [6.07, 6.45) is -0.926. The van der Waals surface area contributed by atoms with E-state index in [1.807, 2.05) is 0 Å². The number of ether oxygens (including phenoxy) is 1. The lowest BCUT2D eigenvalue weighted by molar-refractivity contribution is 0.0199. The lowest BCUT2D eigenvalue weighted by Crippen LogP contribution is -2.56. The van der Waals surface area contributed by atoms with Gasteiger partial charge in [0.05, 0.1) is 18.7 Å². The van der Waals surface area contributed by atoms with Gasteiger partial charge in [0.2, 0.25) is 0 Å². The third kappa shape index (κ3) is 2.98. The Morgan fingerprint density at radius 2 is 2.27 bits per heavy atom. The highest BCUT2D eigenvalue weighted by Gasteiger charge is 2.31. The highest BCUT2D eigenvalue weighted by Crippen LogP contribution is 2.13. The van der Waals surface area contributed by atoms with E-state index in [0.717, 1.165) is 0 Å². The number of nitrogens with zero attached hydrogens (tertiary/aromatic N) is 1. The molecule has 1 aliphatic heterocycles. The Kier molecular flexibility index (Phi) is 3.73. The number of carbonyl (C=O) groups is 2. The van der Waals surface area contributed by atoms with Gasteiger partial charge in [-0.1, -0.05) is 0 Å². The van der Waals surface area contributed by atoms with Gasteiger partial charge in [0.1, 0.15) is 0 Å². The topological polar surface area (TPSA) is 105 Å². The van der Waals surface area contributed by atoms with Crippen molar-refractivity contribution in [3.8, 4) is 0 Å². The molecule has 0 radical (unpaired) electrons. The summed E-state index contributed by atoms with van der Waals surface area (Å²) in [7, 11) is 1.48. The number of amides is 3. The fourth-order valence-electron chi connectivity index (χ4n) is 1.68. The highest BCUT2D eigenvalue weighted by molar-refractivity contribution is 5.72. The molecule has 0 saturated carbocycles. The van der Waals surface area contributed by atoms with E-state index in [2.05, 4.69) is 5.32 Å². The zero-order chi connectivity index (χ0) is 11.4. The molecule has 0 aromatic carbocycles. The van der Waals surface area contributed by atoms with Crippen molar-refractivity contribution in [1.29, 1.82) is 0 Å². The third-order valence-electron chi connectivity index (χ3n) is 2.48. The number of primary amides is 1. The molecule has 0 aliphatic carbocycles. The third-order valence-corrected chi connectivity index (χ3v) is 2.48. The SMILES string of the molecule is COC1CN(C(N)=O)CCC1NC(=O)O. The number of hydrogen-bond donors (Lipinski definition) is 3. The molecule has 1 heterocycles. The fourth-order valence-corrected chi connectivity index (χ4v) is 1.68. The molecule has 3 amide bonds. The maximum atomic E-state index is 10.9. The molecule has 1 aliphatic rings. The van der Waals surface area contributed by atoms with Crippen molar-refractivity contribution in [2.24, 2.45) is 5.73 Å². The summed E-state index contributed by atoms with van der Waals surface area (Å²) in [5, 5.41) is 10.9. The van der Waals surface area contributed by atoms with Gasteiger partial charge < -0.3 is 25.8 Å². The molecule has 1 fully saturated rings. The van der Waals surface area contributed by atoms with E-state index in [4.69, 9.17) is 15.6 Å². The van der Waals surface area contributed by atoms with Crippen molar-refractivity contribution in [2.75, 3.05) is 20.2 Å². The largest absolute Gasteiger partial charge is 0.465 e. The number of likely N-dealkylation sites (tertiary alicyclic amines) is 1. The van der Waals surface area contributed by atoms with Gasteiger partial charge >= 0.3 is 12.1 Å². The highest BCUT2D eigenvalue weighted by atomic mass is 16.5. The van der Waals surface area contributed by atoms with Crippen molar-refractivity contribution < 1.29 is 19.4 Å². The van der Waals surface area contributed by atoms with E-state index >= 15 is 0 Å². The van der Waals surface area contributed by atoms with Crippen LogP contribution in [0.25, 0.3) is 0 Å². The summed E-state index contributed by atoms with van der Waals surface area (Å²) >= 11 is 0. The van der Waals surface area contributed by atoms with Crippen LogP contribution in [0.5, 0.6) is 0 Å². The van der Waals surface area contributed by atoms with Crippen LogP contribution in [0, 0.1) is 0 Å². The molecule has 0 aromatic heterocycles. The maximum Gasteiger partial charge on any atom is 0.404 e. The van der Waals surface area contributed by atoms with Crippen LogP contribution in [0.1, 0.15) is 6.42 Å². The van der Waals surface area contributed by atoms with Crippen LogP contribution in [-0.4, -0.2) is 54.5 Å². The first-order valence-electron chi connectivity index (χ1n) is 4.61. The van der Waals surface area contributed by atoms with Gasteiger partial charge in [0, 0.05) is 13.7 Å². The average molecular weight is 217 g/mol. The van der Waals surface area contributed by atoms with Crippen molar-refractivity contribution in [3.05, 3.63) is 0 Å². The van der Waals surface area contributed by atoms with Crippen LogP contribution in [0.15, 0.2) is 0 Å². The van der Waals surface area contributed by atoms with Crippen molar-refractivity contribution >= 4 is 12.1 Å². The van der Waals surface area contributed by atoms with Crippen LogP contribution in [-0.2, 0) is 4.74 Å². The average Bonchev–Trinajstić information content (AvgIpc) is 2.17. The molecule has 7 nitrogen and oxygen atoms in total. The number of nitrogens with two attached hydrogens (primary N) is 1. The minimum atomic E-state index is -1.09. The maximum absolute atomic E-state index is 10.9. The Bertz CT molecular complexity index is 258. The molecule has 1 saturated heterocycles. The van der Waals surface area contributed by atoms with Crippen LogP contribution in [0.4, 0.5) is 9.59 Å². The Hall–Kier alpha value is -1.50. The van der Waals surface area contributed by atoms with Crippen LogP contribution in [0.3, 0.4) is 0 Å². The molecule has 2 atom stereocenters. The van der Waals surface area contributed by atoms with Crippen LogP contribution >= 0.6 is 0 Å². The molecule has 0 spiro atoms. The molecule has 86 valence electrons. The molecule has 1 rings (SSSR count). The van der Waals surface area contributed by atoms with Crippen molar-refractivity contribution in [3.63, 3.8) is 0 Å². The van der Waals surface area contributed by atoms with Gasteiger partial charge in [-0.25, -0.2) is 9.59 Å². The second-order valence-electron chi connectivity index (χ2n) is 3.40. The normalized spacial score (nSPS) is 26.1. The number of carbonyl (C=O) groups excluding carboxylic acids is 1. The number of piperidine rings is 1. The second kappa shape index (κ2) is 4.83. The number of rotatable bonds is 2. The lowest BCUT2D eigenvalue weighted by atomic mass is 10.0. The first kappa shape index (κ1) is 11.6. The summed E-state index contributed by atoms with van der Waals surface area (Å²) in [5.41, 5.74) is 5.13. The summed E-state index contributed by atoms with van der Waals surface area (Å²) in [6, 6.07) is -0.797. The van der Waals surface area contributed by atoms with E-state index in [1.165, 1.54) is 12.0 Å². The lowest BCUT2D eigenvalue weighted by Gasteiger charge is -2.36. The van der Waals surface area contributed by atoms with Crippen LogP contribution < -0.4 is 11.1 Å². The number of urea groups is 1. The quantitative estimate of drug-likeness (QED) is 0.575. The zero-order valence-corrected chi connectivity index (χ0v) is 8.47. The van der Waals surface area contributed by atoms with E-state index in [-0.39, 0.29) is 12.1 Å². The molecular formula is C8H15N3O4. The van der Waals surface area contributed by atoms with Crippen molar-refractivity contribution in [1.82, 2.24) is 10.2 Å². The summed E-state index contributed by atoms with van der Waals surface area (Å²) < 4.78 is 5.11. The molecule has 2 unspecified atom stereocenters. The fraction of sp³-hybridized carbons (Fsp3) is 0.750. The minimum Gasteiger partial charge on any atom is -0.465 e. The Morgan fingerprint density at radius 1 is 1.60 bits per heavy atom. The van der Waals surface area contributed by atoms with Gasteiger partial charge in [-0.3, -0.25) is 0 Å². The first-order valence-corrected chi connectivity index (χ1v) is 4.61. The van der Waals surface area contributed by atoms with E-state index in [9.17, 15) is 9.59 Å². The smallest absolute Gasteiger partial charge is 0.404 e. The molecular weight excluding hydrogens is 202 g/mol. The van der Waals surface area contributed by atoms with Gasteiger partial charge in [0.15, 0.2) is 0 Å². The summed E-state index contributed by atoms with van der Waals surface area (Å²) in [4.78, 5) is 22.8. The Morgan fingerprint density at radius 3 is 2.73 bits per heavy atom. The second-order valence-corrected chi connectivity index (χ2v) is 3.40. The van der Waals surface area contributed by atoms with Gasteiger partial charge in [0.25, 0.3) is 0 Å². The predicted molar refractivity (Wildman–Crippen MR) is 51.5 cm³/mol. The van der Waals surface area contributed by atoms with Gasteiger partial charge in [-0.2, -0.15) is 0 Å². The number of hydrogen-bond acceptors (Lipinski definition) is 3. The minimum absolute atomic E-state index is 0.289. The van der Waals surface area contributed by atoms with E-state index in [1.54, 1.807) is 0 Å². The van der Waals surface area contributed by atoms with E-state index in [0.29, 0.717) is 19.5 Å². The Balaban J connectivity index is 2.56. The van der Waals surface area contributed by atoms with Crippen molar-refractivity contribution in [2.45, 2.75) is 18.6 Å². The Labute approximate surface area is 87.2 Å². The molecule has 0 bridgehead atoms. The zero-order valence-electron chi connectivity index (χ0n) is 8.47. The molecule has 7 heteroatoms. The molecule has 4 N–H and O–H groups in total. The number of carboxylic acid groups (broad SMARTS) is 1. The molecule has 0 aromatic rings. The standard InChI is InChI=1S/C8H15N3O4/c1-15-6-4-11(7(9)12)3-2-5(6)10-8(13)14/h5-6,10H,2-4H2,1H3,(H2,9,12)(H,13,14). The molecule has 15 heavy (non-hydrogen) atoms. The number of methoxy groups -OCH3 is 1. The van der Waals surface area contributed by atoms with Gasteiger partial charge in [-0.15, -0.1) is 0 Å². The van der Waals surface area contributed by atoms with Gasteiger partial charge in [-0.05, 0) is 6.42 Å². The number of nitrogens with one attached hydrogen (secondary N) is 1. The van der Waals surface area contributed by atoms with Crippen LogP contribution in [0.2, 0.25) is 0 Å². The summed E-state index contributed by atoms with van der Waals surface area (Å²) in [6.45, 7) is 0.761. The summed E-state index contributed by atoms with van der Waals surface area (Å²) in [5.74, 6) is 0. The predicted octanol–water partition coefficient (Wildman–Crippen LogP) is -0.578.